The fourth-order valence-electron chi connectivity index (χ4n) is 3.27. The number of piperidine rings is 1. The molecule has 0 unspecified atom stereocenters. The van der Waals surface area contributed by atoms with Gasteiger partial charge in [-0.3, -0.25) is 14.6 Å². The van der Waals surface area contributed by atoms with E-state index in [1.807, 2.05) is 12.1 Å². The van der Waals surface area contributed by atoms with Crippen molar-refractivity contribution in [2.24, 2.45) is 5.92 Å². The molecular formula is C19H23N5O2. The second kappa shape index (κ2) is 7.51. The van der Waals surface area contributed by atoms with Crippen LogP contribution in [0.1, 0.15) is 36.9 Å². The molecule has 2 amide bonds. The molecule has 2 atom stereocenters. The second-order valence-corrected chi connectivity index (χ2v) is 6.82. The average Bonchev–Trinajstić information content (AvgIpc) is 2.64. The molecule has 7 nitrogen and oxygen atoms in total. The normalized spacial score (nSPS) is 19.8. The maximum absolute atomic E-state index is 12.8. The van der Waals surface area contributed by atoms with Gasteiger partial charge in [0.1, 0.15) is 5.82 Å². The van der Waals surface area contributed by atoms with Crippen molar-refractivity contribution in [1.82, 2.24) is 14.9 Å². The Labute approximate surface area is 152 Å². The molecule has 0 aliphatic carbocycles. The molecule has 1 saturated heterocycles. The third-order valence-electron chi connectivity index (χ3n) is 4.72. The molecule has 0 saturated carbocycles. The Morgan fingerprint density at radius 1 is 1.31 bits per heavy atom. The van der Waals surface area contributed by atoms with E-state index in [2.05, 4.69) is 22.2 Å². The molecule has 7 heteroatoms. The van der Waals surface area contributed by atoms with Gasteiger partial charge in [-0.2, -0.15) is 0 Å². The summed E-state index contributed by atoms with van der Waals surface area (Å²) in [7, 11) is 0. The van der Waals surface area contributed by atoms with Gasteiger partial charge in [-0.25, -0.2) is 4.98 Å². The predicted octanol–water partition coefficient (Wildman–Crippen LogP) is 2.31. The van der Waals surface area contributed by atoms with Gasteiger partial charge in [0.15, 0.2) is 0 Å². The van der Waals surface area contributed by atoms with Gasteiger partial charge in [-0.1, -0.05) is 13.0 Å². The third-order valence-corrected chi connectivity index (χ3v) is 4.72. The standard InChI is InChI=1S/C19H23N5O2/c1-12-5-6-16(14-4-3-7-21-9-14)24(11-12)19(26)18(25)23-15-8-13(2)17(20)22-10-15/h3-4,7-10,12,16H,5-6,11H2,1-2H3,(H2,20,22)(H,23,25)/t12-,16+/m1/s1. The number of aromatic nitrogens is 2. The Morgan fingerprint density at radius 3 is 2.81 bits per heavy atom. The molecule has 136 valence electrons. The fourth-order valence-corrected chi connectivity index (χ4v) is 3.27. The first-order valence-electron chi connectivity index (χ1n) is 8.69. The topological polar surface area (TPSA) is 101 Å². The van der Waals surface area contributed by atoms with Crippen molar-refractivity contribution in [3.8, 4) is 0 Å². The Balaban J connectivity index is 1.78. The van der Waals surface area contributed by atoms with Crippen LogP contribution in [0.25, 0.3) is 0 Å². The van der Waals surface area contributed by atoms with Crippen molar-refractivity contribution in [2.75, 3.05) is 17.6 Å². The number of nitrogens with zero attached hydrogens (tertiary/aromatic N) is 3. The first-order chi connectivity index (χ1) is 12.5. The molecule has 3 N–H and O–H groups in total. The molecule has 3 heterocycles. The summed E-state index contributed by atoms with van der Waals surface area (Å²) in [6, 6.07) is 5.35. The third kappa shape index (κ3) is 3.82. The number of carbonyl (C=O) groups is 2. The highest BCUT2D eigenvalue weighted by Crippen LogP contribution is 2.33. The SMILES string of the molecule is Cc1cc(NC(=O)C(=O)N2C[C@H](C)CC[C@H]2c2cccnc2)cnc1N. The van der Waals surface area contributed by atoms with E-state index in [9.17, 15) is 9.59 Å². The second-order valence-electron chi connectivity index (χ2n) is 6.82. The van der Waals surface area contributed by atoms with Gasteiger partial charge < -0.3 is 16.0 Å². The van der Waals surface area contributed by atoms with Crippen LogP contribution < -0.4 is 11.1 Å². The number of nitrogen functional groups attached to an aromatic ring is 1. The molecule has 2 aromatic rings. The van der Waals surface area contributed by atoms with Gasteiger partial charge >= 0.3 is 11.8 Å². The highest BCUT2D eigenvalue weighted by Gasteiger charge is 2.34. The number of carbonyl (C=O) groups excluding carboxylic acids is 2. The molecule has 1 aliphatic rings. The minimum Gasteiger partial charge on any atom is -0.383 e. The van der Waals surface area contributed by atoms with Crippen LogP contribution in [0.2, 0.25) is 0 Å². The lowest BCUT2D eigenvalue weighted by atomic mass is 9.90. The maximum atomic E-state index is 12.8. The van der Waals surface area contributed by atoms with Crippen LogP contribution in [-0.2, 0) is 9.59 Å². The zero-order chi connectivity index (χ0) is 18.7. The number of amides is 2. The van der Waals surface area contributed by atoms with E-state index < -0.39 is 11.8 Å². The van der Waals surface area contributed by atoms with E-state index >= 15 is 0 Å². The Hall–Kier alpha value is -2.96. The van der Waals surface area contributed by atoms with E-state index in [4.69, 9.17) is 5.73 Å². The number of pyridine rings is 2. The molecule has 0 radical (unpaired) electrons. The summed E-state index contributed by atoms with van der Waals surface area (Å²) in [6.07, 6.45) is 6.72. The lowest BCUT2D eigenvalue weighted by Crippen LogP contribution is -2.46. The van der Waals surface area contributed by atoms with Gasteiger partial charge in [0.05, 0.1) is 17.9 Å². The molecule has 26 heavy (non-hydrogen) atoms. The summed E-state index contributed by atoms with van der Waals surface area (Å²) in [4.78, 5) is 35.2. The number of rotatable bonds is 2. The zero-order valence-electron chi connectivity index (χ0n) is 15.0. The number of hydrogen-bond donors (Lipinski definition) is 2. The summed E-state index contributed by atoms with van der Waals surface area (Å²) in [6.45, 7) is 4.43. The molecule has 0 bridgehead atoms. The number of hydrogen-bond acceptors (Lipinski definition) is 5. The Bertz CT molecular complexity index is 809. The molecule has 0 aromatic carbocycles. The van der Waals surface area contributed by atoms with Gasteiger partial charge in [-0.15, -0.1) is 0 Å². The van der Waals surface area contributed by atoms with E-state index in [0.717, 1.165) is 24.0 Å². The molecule has 3 rings (SSSR count). The van der Waals surface area contributed by atoms with Crippen LogP contribution in [0, 0.1) is 12.8 Å². The van der Waals surface area contributed by atoms with Crippen LogP contribution in [0.3, 0.4) is 0 Å². The zero-order valence-corrected chi connectivity index (χ0v) is 15.0. The largest absolute Gasteiger partial charge is 0.383 e. The van der Waals surface area contributed by atoms with Crippen molar-refractivity contribution in [1.29, 1.82) is 0 Å². The fraction of sp³-hybridized carbons (Fsp3) is 0.368. The minimum absolute atomic E-state index is 0.135. The van der Waals surface area contributed by atoms with Crippen LogP contribution in [0.4, 0.5) is 11.5 Å². The van der Waals surface area contributed by atoms with Gasteiger partial charge in [-0.05, 0) is 48.9 Å². The molecule has 0 spiro atoms. The van der Waals surface area contributed by atoms with Crippen molar-refractivity contribution in [2.45, 2.75) is 32.7 Å². The van der Waals surface area contributed by atoms with Crippen molar-refractivity contribution in [3.05, 3.63) is 47.9 Å². The summed E-state index contributed by atoms with van der Waals surface area (Å²) < 4.78 is 0. The summed E-state index contributed by atoms with van der Waals surface area (Å²) in [5.74, 6) is -0.463. The highest BCUT2D eigenvalue weighted by molar-refractivity contribution is 6.39. The maximum Gasteiger partial charge on any atom is 0.313 e. The highest BCUT2D eigenvalue weighted by atomic mass is 16.2. The predicted molar refractivity (Wildman–Crippen MR) is 99.1 cm³/mol. The molecule has 1 fully saturated rings. The average molecular weight is 353 g/mol. The number of aryl methyl sites for hydroxylation is 1. The molecule has 2 aromatic heterocycles. The number of nitrogens with two attached hydrogens (primary N) is 1. The summed E-state index contributed by atoms with van der Waals surface area (Å²) >= 11 is 0. The van der Waals surface area contributed by atoms with Crippen LogP contribution in [0.5, 0.6) is 0 Å². The van der Waals surface area contributed by atoms with Gasteiger partial charge in [0.2, 0.25) is 0 Å². The Kier molecular flexibility index (Phi) is 5.16. The first-order valence-corrected chi connectivity index (χ1v) is 8.69. The molecular weight excluding hydrogens is 330 g/mol. The van der Waals surface area contributed by atoms with Crippen LogP contribution in [-0.4, -0.2) is 33.2 Å². The smallest absolute Gasteiger partial charge is 0.313 e. The number of likely N-dealkylation sites (tertiary alicyclic amines) is 1. The monoisotopic (exact) mass is 353 g/mol. The van der Waals surface area contributed by atoms with Crippen molar-refractivity contribution in [3.63, 3.8) is 0 Å². The van der Waals surface area contributed by atoms with Crippen LogP contribution >= 0.6 is 0 Å². The first kappa shape index (κ1) is 17.8. The van der Waals surface area contributed by atoms with Gasteiger partial charge in [0, 0.05) is 18.9 Å². The minimum atomic E-state index is -0.668. The Morgan fingerprint density at radius 2 is 2.12 bits per heavy atom. The van der Waals surface area contributed by atoms with E-state index in [1.165, 1.54) is 6.20 Å². The van der Waals surface area contributed by atoms with E-state index in [-0.39, 0.29) is 6.04 Å². The molecule has 1 aliphatic heterocycles. The van der Waals surface area contributed by atoms with Gasteiger partial charge in [0.25, 0.3) is 0 Å². The van der Waals surface area contributed by atoms with E-state index in [0.29, 0.717) is 24.0 Å². The van der Waals surface area contributed by atoms with Crippen LogP contribution in [0.15, 0.2) is 36.8 Å². The number of anilines is 2. The summed E-state index contributed by atoms with van der Waals surface area (Å²) in [5.41, 5.74) is 7.84. The summed E-state index contributed by atoms with van der Waals surface area (Å²) in [5, 5.41) is 2.63. The lowest BCUT2D eigenvalue weighted by Gasteiger charge is -2.38. The number of nitrogens with one attached hydrogen (secondary N) is 1. The van der Waals surface area contributed by atoms with E-state index in [1.54, 1.807) is 30.3 Å². The quantitative estimate of drug-likeness (QED) is 0.807. The van der Waals surface area contributed by atoms with Crippen molar-refractivity contribution >= 4 is 23.3 Å². The lowest BCUT2D eigenvalue weighted by molar-refractivity contribution is -0.146. The van der Waals surface area contributed by atoms with Crippen molar-refractivity contribution < 1.29 is 9.59 Å².